The Morgan fingerprint density at radius 3 is 1.43 bits per heavy atom. The Hall–Kier alpha value is -3.29. The van der Waals surface area contributed by atoms with E-state index in [1.54, 1.807) is 24.3 Å². The van der Waals surface area contributed by atoms with E-state index in [9.17, 15) is 20.2 Å². The summed E-state index contributed by atoms with van der Waals surface area (Å²) in [7, 11) is 0. The molecule has 0 spiro atoms. The second-order valence-electron chi connectivity index (χ2n) is 10.6. The topological polar surface area (TPSA) is 92.5 Å². The fraction of sp³-hybridized carbons (Fsp3) is 0.519. The van der Waals surface area contributed by atoms with Crippen LogP contribution in [0.5, 0.6) is 0 Å². The quantitative estimate of drug-likeness (QED) is 0.226. The van der Waals surface area contributed by atoms with Crippen molar-refractivity contribution in [2.45, 2.75) is 79.1 Å². The monoisotopic (exact) mass is 481 g/mol. The number of hydrogen-bond donors (Lipinski definition) is 0. The standard InChI is InChI=1S/C27H37N4O4/c1-16(2)22-11-20(30(32)33)12-23(17(3)4)26(22)28-9-10-29(15-28)27-24(18(5)6)13-21(31(34)35)14-25(27)19(7)8/h11-19H,9-10H2,1-8H3/q+1. The number of nitro benzene ring substituents is 2. The summed E-state index contributed by atoms with van der Waals surface area (Å²) in [4.78, 5) is 24.8. The van der Waals surface area contributed by atoms with E-state index < -0.39 is 0 Å². The van der Waals surface area contributed by atoms with E-state index in [2.05, 4.69) is 71.2 Å². The molecule has 0 radical (unpaired) electrons. The van der Waals surface area contributed by atoms with Crippen LogP contribution in [0.1, 0.15) is 101 Å². The fourth-order valence-corrected chi connectivity index (χ4v) is 4.80. The first kappa shape index (κ1) is 26.3. The third-order valence-electron chi connectivity index (χ3n) is 6.65. The predicted octanol–water partition coefficient (Wildman–Crippen LogP) is 7.19. The van der Waals surface area contributed by atoms with Crippen LogP contribution in [0.2, 0.25) is 0 Å². The van der Waals surface area contributed by atoms with Gasteiger partial charge in [0.2, 0.25) is 6.34 Å². The van der Waals surface area contributed by atoms with Crippen molar-refractivity contribution in [3.8, 4) is 0 Å². The average Bonchev–Trinajstić information content (AvgIpc) is 3.26. The molecule has 0 bridgehead atoms. The van der Waals surface area contributed by atoms with Crippen molar-refractivity contribution in [3.05, 3.63) is 66.7 Å². The van der Waals surface area contributed by atoms with Crippen LogP contribution in [0.3, 0.4) is 0 Å². The van der Waals surface area contributed by atoms with E-state index >= 15 is 0 Å². The highest BCUT2D eigenvalue weighted by Crippen LogP contribution is 2.41. The van der Waals surface area contributed by atoms with Crippen molar-refractivity contribution < 1.29 is 14.4 Å². The van der Waals surface area contributed by atoms with Gasteiger partial charge in [-0.3, -0.25) is 20.2 Å². The number of benzene rings is 2. The highest BCUT2D eigenvalue weighted by Gasteiger charge is 2.34. The molecule has 3 rings (SSSR count). The highest BCUT2D eigenvalue weighted by atomic mass is 16.6. The minimum atomic E-state index is -0.317. The number of nitro groups is 2. The molecule has 8 heteroatoms. The number of rotatable bonds is 8. The lowest BCUT2D eigenvalue weighted by Crippen LogP contribution is -2.22. The lowest BCUT2D eigenvalue weighted by molar-refractivity contribution is -0.425. The SMILES string of the molecule is CC(C)c1cc([N+](=O)[O-])cc(C(C)C)c1N1C=[N+](c2c(C(C)C)cc([N+](=O)[O-])cc2C(C)C)CC1. The van der Waals surface area contributed by atoms with Gasteiger partial charge in [0.15, 0.2) is 0 Å². The molecular weight excluding hydrogens is 444 g/mol. The Morgan fingerprint density at radius 1 is 0.714 bits per heavy atom. The van der Waals surface area contributed by atoms with E-state index in [0.29, 0.717) is 0 Å². The van der Waals surface area contributed by atoms with Gasteiger partial charge in [0.25, 0.3) is 11.4 Å². The molecule has 0 aromatic heterocycles. The van der Waals surface area contributed by atoms with Gasteiger partial charge in [0, 0.05) is 46.5 Å². The largest absolute Gasteiger partial charge is 0.270 e. The van der Waals surface area contributed by atoms with E-state index in [1.165, 1.54) is 0 Å². The second-order valence-corrected chi connectivity index (χ2v) is 10.6. The smallest absolute Gasteiger partial charge is 0.258 e. The summed E-state index contributed by atoms with van der Waals surface area (Å²) in [6, 6.07) is 6.81. The molecule has 0 N–H and O–H groups in total. The van der Waals surface area contributed by atoms with Crippen LogP contribution >= 0.6 is 0 Å². The summed E-state index contributed by atoms with van der Waals surface area (Å²) in [5.41, 5.74) is 6.13. The molecule has 8 nitrogen and oxygen atoms in total. The zero-order valence-electron chi connectivity index (χ0n) is 22.0. The number of non-ortho nitro benzene ring substituents is 2. The lowest BCUT2D eigenvalue weighted by Gasteiger charge is -2.21. The summed E-state index contributed by atoms with van der Waals surface area (Å²) in [5, 5.41) is 23.3. The zero-order chi connectivity index (χ0) is 26.2. The Labute approximate surface area is 207 Å². The first-order valence-corrected chi connectivity index (χ1v) is 12.4. The molecule has 35 heavy (non-hydrogen) atoms. The van der Waals surface area contributed by atoms with Gasteiger partial charge in [0.1, 0.15) is 24.5 Å². The molecule has 188 valence electrons. The van der Waals surface area contributed by atoms with Gasteiger partial charge in [-0.1, -0.05) is 55.4 Å². The Kier molecular flexibility index (Phi) is 7.62. The van der Waals surface area contributed by atoms with Crippen molar-refractivity contribution in [2.24, 2.45) is 0 Å². The predicted molar refractivity (Wildman–Crippen MR) is 141 cm³/mol. The molecule has 2 aromatic carbocycles. The van der Waals surface area contributed by atoms with Crippen LogP contribution in [-0.4, -0.2) is 33.9 Å². The van der Waals surface area contributed by atoms with Gasteiger partial charge < -0.3 is 0 Å². The minimum Gasteiger partial charge on any atom is -0.258 e. The van der Waals surface area contributed by atoms with Crippen LogP contribution in [0.4, 0.5) is 22.7 Å². The van der Waals surface area contributed by atoms with E-state index in [4.69, 9.17) is 0 Å². The maximum Gasteiger partial charge on any atom is 0.270 e. The molecule has 0 unspecified atom stereocenters. The minimum absolute atomic E-state index is 0.113. The normalized spacial score (nSPS) is 13.9. The number of nitrogens with zero attached hydrogens (tertiary/aromatic N) is 4. The molecule has 0 fully saturated rings. The van der Waals surface area contributed by atoms with E-state index in [1.807, 2.05) is 0 Å². The number of hydrogen-bond acceptors (Lipinski definition) is 5. The first-order chi connectivity index (χ1) is 16.3. The van der Waals surface area contributed by atoms with Crippen molar-refractivity contribution in [1.29, 1.82) is 0 Å². The molecule has 0 atom stereocenters. The van der Waals surface area contributed by atoms with Gasteiger partial charge in [-0.25, -0.2) is 9.48 Å². The third kappa shape index (κ3) is 5.21. The molecule has 1 aliphatic rings. The lowest BCUT2D eigenvalue weighted by atomic mass is 9.91. The summed E-state index contributed by atoms with van der Waals surface area (Å²) < 4.78 is 2.20. The molecule has 0 saturated carbocycles. The van der Waals surface area contributed by atoms with Crippen molar-refractivity contribution in [1.82, 2.24) is 0 Å². The van der Waals surface area contributed by atoms with Crippen LogP contribution in [-0.2, 0) is 0 Å². The average molecular weight is 482 g/mol. The van der Waals surface area contributed by atoms with Gasteiger partial charge in [-0.2, -0.15) is 0 Å². The van der Waals surface area contributed by atoms with Crippen LogP contribution in [0, 0.1) is 20.2 Å². The Morgan fingerprint density at radius 2 is 1.09 bits per heavy atom. The Balaban J connectivity index is 2.25. The fourth-order valence-electron chi connectivity index (χ4n) is 4.80. The zero-order valence-corrected chi connectivity index (χ0v) is 22.0. The third-order valence-corrected chi connectivity index (χ3v) is 6.65. The first-order valence-electron chi connectivity index (χ1n) is 12.4. The summed E-state index contributed by atoms with van der Waals surface area (Å²) in [6.45, 7) is 17.9. The summed E-state index contributed by atoms with van der Waals surface area (Å²) in [6.07, 6.45) is 2.08. The van der Waals surface area contributed by atoms with Crippen molar-refractivity contribution in [3.63, 3.8) is 0 Å². The summed E-state index contributed by atoms with van der Waals surface area (Å²) in [5.74, 6) is 0.451. The maximum atomic E-state index is 11.6. The van der Waals surface area contributed by atoms with Gasteiger partial charge in [-0.05, 0) is 23.7 Å². The number of anilines is 1. The van der Waals surface area contributed by atoms with Gasteiger partial charge in [0.05, 0.1) is 9.85 Å². The van der Waals surface area contributed by atoms with Gasteiger partial charge in [-0.15, -0.1) is 0 Å². The van der Waals surface area contributed by atoms with Gasteiger partial charge >= 0.3 is 0 Å². The van der Waals surface area contributed by atoms with Crippen molar-refractivity contribution >= 4 is 29.1 Å². The van der Waals surface area contributed by atoms with E-state index in [-0.39, 0.29) is 44.9 Å². The Bertz CT molecular complexity index is 1120. The van der Waals surface area contributed by atoms with Crippen LogP contribution < -0.4 is 4.90 Å². The molecule has 0 amide bonds. The van der Waals surface area contributed by atoms with Crippen molar-refractivity contribution in [2.75, 3.05) is 18.0 Å². The molecule has 0 saturated heterocycles. The van der Waals surface area contributed by atoms with Crippen LogP contribution in [0.15, 0.2) is 24.3 Å². The molecule has 1 aliphatic heterocycles. The molecule has 0 aliphatic carbocycles. The van der Waals surface area contributed by atoms with E-state index in [0.717, 1.165) is 46.7 Å². The second kappa shape index (κ2) is 10.1. The van der Waals surface area contributed by atoms with Crippen LogP contribution in [0.25, 0.3) is 0 Å². The maximum absolute atomic E-state index is 11.6. The summed E-state index contributed by atoms with van der Waals surface area (Å²) >= 11 is 0. The molecule has 1 heterocycles. The molecular formula is C27H37N4O4+. The molecule has 2 aromatic rings. The highest BCUT2D eigenvalue weighted by molar-refractivity contribution is 5.83.